The zero-order valence-electron chi connectivity index (χ0n) is 18.1. The minimum absolute atomic E-state index is 0.450. The van der Waals surface area contributed by atoms with Gasteiger partial charge in [-0.25, -0.2) is 9.50 Å². The molecule has 0 aromatic carbocycles. The van der Waals surface area contributed by atoms with Crippen molar-refractivity contribution < 1.29 is 0 Å². The number of rotatable bonds is 3. The Morgan fingerprint density at radius 3 is 2.67 bits per heavy atom. The molecule has 6 heterocycles. The molecule has 2 bridgehead atoms. The van der Waals surface area contributed by atoms with E-state index < -0.39 is 0 Å². The Morgan fingerprint density at radius 2 is 1.93 bits per heavy atom. The number of aryl methyl sites for hydroxylation is 2. The van der Waals surface area contributed by atoms with E-state index in [0.717, 1.165) is 23.3 Å². The minimum Gasteiger partial charge on any atom is -0.346 e. The molecule has 0 radical (unpaired) electrons. The van der Waals surface area contributed by atoms with Crippen LogP contribution >= 0.6 is 11.3 Å². The first-order valence-corrected chi connectivity index (χ1v) is 12.0. The van der Waals surface area contributed by atoms with Gasteiger partial charge in [0.2, 0.25) is 0 Å². The number of pyridine rings is 1. The molecule has 6 heteroatoms. The summed E-state index contributed by atoms with van der Waals surface area (Å²) >= 11 is 2.00. The second kappa shape index (κ2) is 6.66. The van der Waals surface area contributed by atoms with E-state index in [2.05, 4.69) is 60.3 Å². The van der Waals surface area contributed by atoms with Gasteiger partial charge >= 0.3 is 0 Å². The summed E-state index contributed by atoms with van der Waals surface area (Å²) in [5.74, 6) is 1.16. The van der Waals surface area contributed by atoms with E-state index in [4.69, 9.17) is 0 Å². The minimum atomic E-state index is 0.450. The van der Waals surface area contributed by atoms with Gasteiger partial charge in [0.05, 0.1) is 5.69 Å². The molecule has 0 spiro atoms. The highest BCUT2D eigenvalue weighted by atomic mass is 32.1. The van der Waals surface area contributed by atoms with Crippen LogP contribution in [0.15, 0.2) is 18.6 Å². The highest BCUT2D eigenvalue weighted by Gasteiger charge is 2.36. The standard InChI is InChI=1S/C24H29N5S/c1-12(2)19-20-14(4)22(15-8-17-5-6-18(9-15)27-17)30-24(20)28-21(19)16-7-13(3)23-25-11-26-29(23)10-16/h7,10-12,15,17-18,27-28H,5-6,8-9H2,1-4H3/t15?,17-,18+. The van der Waals surface area contributed by atoms with Crippen molar-refractivity contribution >= 4 is 27.2 Å². The number of nitrogens with zero attached hydrogens (tertiary/aromatic N) is 3. The zero-order chi connectivity index (χ0) is 20.6. The molecular formula is C24H29N5S. The van der Waals surface area contributed by atoms with E-state index in [1.165, 1.54) is 58.3 Å². The lowest BCUT2D eigenvalue weighted by Gasteiger charge is -2.29. The smallest absolute Gasteiger partial charge is 0.158 e. The van der Waals surface area contributed by atoms with Crippen LogP contribution < -0.4 is 5.32 Å². The number of H-pyrrole nitrogens is 1. The SMILES string of the molecule is Cc1c(C2C[C@H]3CC[C@@H](C2)N3)sc2[nH]c(-c3cc(C)c4ncnn4c3)c(C(C)C)c12. The second-order valence-corrected chi connectivity index (χ2v) is 10.7. The Hall–Kier alpha value is -2.18. The van der Waals surface area contributed by atoms with Gasteiger partial charge in [-0.3, -0.25) is 0 Å². The van der Waals surface area contributed by atoms with Crippen LogP contribution in [0.2, 0.25) is 0 Å². The van der Waals surface area contributed by atoms with Crippen LogP contribution in [0, 0.1) is 13.8 Å². The number of nitrogens with one attached hydrogen (secondary N) is 2. The molecular weight excluding hydrogens is 390 g/mol. The maximum absolute atomic E-state index is 4.38. The average Bonchev–Trinajstić information content (AvgIpc) is 3.46. The van der Waals surface area contributed by atoms with Crippen molar-refractivity contribution in [3.63, 3.8) is 0 Å². The summed E-state index contributed by atoms with van der Waals surface area (Å²) in [7, 11) is 0. The molecule has 3 atom stereocenters. The number of fused-ring (bicyclic) bond motifs is 4. The van der Waals surface area contributed by atoms with Gasteiger partial charge in [-0.1, -0.05) is 13.8 Å². The topological polar surface area (TPSA) is 58.0 Å². The molecule has 156 valence electrons. The molecule has 2 N–H and O–H groups in total. The van der Waals surface area contributed by atoms with E-state index in [-0.39, 0.29) is 0 Å². The van der Waals surface area contributed by atoms with Crippen molar-refractivity contribution in [2.45, 2.75) is 77.3 Å². The molecule has 5 nitrogen and oxygen atoms in total. The fourth-order valence-electron chi connectivity index (χ4n) is 5.95. The van der Waals surface area contributed by atoms with Gasteiger partial charge in [-0.05, 0) is 74.1 Å². The summed E-state index contributed by atoms with van der Waals surface area (Å²) in [6.07, 6.45) is 9.05. The normalized spacial score (nSPS) is 24.0. The van der Waals surface area contributed by atoms with E-state index in [1.54, 1.807) is 11.2 Å². The Morgan fingerprint density at radius 1 is 1.17 bits per heavy atom. The fourth-order valence-corrected chi connectivity index (χ4v) is 7.30. The predicted octanol–water partition coefficient (Wildman–Crippen LogP) is 5.68. The fraction of sp³-hybridized carbons (Fsp3) is 0.500. The number of aromatic nitrogens is 4. The van der Waals surface area contributed by atoms with E-state index in [1.807, 2.05) is 15.9 Å². The molecule has 1 unspecified atom stereocenters. The molecule has 4 aromatic heterocycles. The number of hydrogen-bond acceptors (Lipinski definition) is 4. The summed E-state index contributed by atoms with van der Waals surface area (Å²) < 4.78 is 1.90. The van der Waals surface area contributed by atoms with Crippen molar-refractivity contribution in [1.82, 2.24) is 24.9 Å². The van der Waals surface area contributed by atoms with Crippen molar-refractivity contribution in [2.75, 3.05) is 0 Å². The van der Waals surface area contributed by atoms with Crippen LogP contribution in [-0.2, 0) is 0 Å². The van der Waals surface area contributed by atoms with Crippen LogP contribution in [0.5, 0.6) is 0 Å². The van der Waals surface area contributed by atoms with Crippen molar-refractivity contribution in [3.8, 4) is 11.3 Å². The summed E-state index contributed by atoms with van der Waals surface area (Å²) in [5, 5.41) is 9.64. The third-order valence-electron chi connectivity index (χ3n) is 7.23. The van der Waals surface area contributed by atoms with Crippen LogP contribution in [-0.4, -0.2) is 31.7 Å². The van der Waals surface area contributed by atoms with Crippen molar-refractivity contribution in [2.24, 2.45) is 0 Å². The molecule has 4 aromatic rings. The monoisotopic (exact) mass is 419 g/mol. The molecule has 2 fully saturated rings. The van der Waals surface area contributed by atoms with Gasteiger partial charge in [0.15, 0.2) is 5.65 Å². The van der Waals surface area contributed by atoms with Crippen LogP contribution in [0.25, 0.3) is 27.1 Å². The van der Waals surface area contributed by atoms with Gasteiger partial charge in [-0.15, -0.1) is 11.3 Å². The number of piperidine rings is 1. The number of thiophene rings is 1. The Kier molecular flexibility index (Phi) is 4.12. The summed E-state index contributed by atoms with van der Waals surface area (Å²) in [6, 6.07) is 3.70. The maximum Gasteiger partial charge on any atom is 0.158 e. The van der Waals surface area contributed by atoms with Gasteiger partial charge in [-0.2, -0.15) is 5.10 Å². The van der Waals surface area contributed by atoms with Gasteiger partial charge in [0.1, 0.15) is 11.2 Å². The molecule has 2 aliphatic rings. The van der Waals surface area contributed by atoms with Crippen LogP contribution in [0.4, 0.5) is 0 Å². The van der Waals surface area contributed by atoms with Crippen LogP contribution in [0.3, 0.4) is 0 Å². The molecule has 0 saturated carbocycles. The third kappa shape index (κ3) is 2.70. The average molecular weight is 420 g/mol. The first kappa shape index (κ1) is 18.6. The lowest BCUT2D eigenvalue weighted by atomic mass is 9.88. The maximum atomic E-state index is 4.38. The van der Waals surface area contributed by atoms with Crippen LogP contribution in [0.1, 0.15) is 72.9 Å². The number of aromatic amines is 1. The second-order valence-electron chi connectivity index (χ2n) is 9.61. The van der Waals surface area contributed by atoms with E-state index in [9.17, 15) is 0 Å². The molecule has 2 saturated heterocycles. The van der Waals surface area contributed by atoms with E-state index >= 15 is 0 Å². The molecule has 0 amide bonds. The summed E-state index contributed by atoms with van der Waals surface area (Å²) in [6.45, 7) is 9.10. The quantitative estimate of drug-likeness (QED) is 0.449. The van der Waals surface area contributed by atoms with E-state index in [0.29, 0.717) is 11.8 Å². The molecule has 2 aliphatic heterocycles. The Labute approximate surface area is 180 Å². The Balaban J connectivity index is 1.50. The first-order valence-electron chi connectivity index (χ1n) is 11.2. The van der Waals surface area contributed by atoms with Crippen molar-refractivity contribution in [3.05, 3.63) is 40.2 Å². The molecule has 30 heavy (non-hydrogen) atoms. The molecule has 0 aliphatic carbocycles. The lowest BCUT2D eigenvalue weighted by Crippen LogP contribution is -2.37. The largest absolute Gasteiger partial charge is 0.346 e. The van der Waals surface area contributed by atoms with Gasteiger partial charge in [0.25, 0.3) is 0 Å². The van der Waals surface area contributed by atoms with Gasteiger partial charge in [0, 0.05) is 34.1 Å². The highest BCUT2D eigenvalue weighted by molar-refractivity contribution is 7.19. The lowest BCUT2D eigenvalue weighted by molar-refractivity contribution is 0.366. The molecule has 6 rings (SSSR count). The number of hydrogen-bond donors (Lipinski definition) is 2. The first-order chi connectivity index (χ1) is 14.5. The summed E-state index contributed by atoms with van der Waals surface area (Å²) in [4.78, 5) is 11.2. The summed E-state index contributed by atoms with van der Waals surface area (Å²) in [5.41, 5.74) is 7.47. The Bertz CT molecular complexity index is 1250. The highest BCUT2D eigenvalue weighted by Crippen LogP contribution is 2.47. The zero-order valence-corrected chi connectivity index (χ0v) is 18.9. The van der Waals surface area contributed by atoms with Crippen molar-refractivity contribution in [1.29, 1.82) is 0 Å². The predicted molar refractivity (Wildman–Crippen MR) is 124 cm³/mol. The van der Waals surface area contributed by atoms with Gasteiger partial charge < -0.3 is 10.3 Å². The third-order valence-corrected chi connectivity index (χ3v) is 8.60.